The summed E-state index contributed by atoms with van der Waals surface area (Å²) in [6, 6.07) is 0. The number of halogens is 2. The molecule has 0 atom stereocenters. The van der Waals surface area contributed by atoms with Crippen molar-refractivity contribution in [3.63, 3.8) is 0 Å². The lowest BCUT2D eigenvalue weighted by Gasteiger charge is -1.99. The number of hydrogen-bond donors (Lipinski definition) is 0. The third kappa shape index (κ3) is 8.42. The van der Waals surface area contributed by atoms with Gasteiger partial charge in [0.1, 0.15) is 0 Å². The van der Waals surface area contributed by atoms with Gasteiger partial charge >= 0.3 is 0 Å². The molecule has 0 saturated carbocycles. The molecule has 0 nitrogen and oxygen atoms in total. The maximum Gasteiger partial charge on any atom is 0.0293 e. The van der Waals surface area contributed by atoms with E-state index in [2.05, 4.69) is 6.92 Å². The first-order chi connectivity index (χ1) is 5.81. The number of rotatable bonds is 7. The van der Waals surface area contributed by atoms with Crippen LogP contribution in [0.1, 0.15) is 51.9 Å². The van der Waals surface area contributed by atoms with Crippen molar-refractivity contribution in [2.24, 2.45) is 0 Å². The van der Waals surface area contributed by atoms with Gasteiger partial charge in [-0.05, 0) is 12.8 Å². The van der Waals surface area contributed by atoms with Gasteiger partial charge in [0, 0.05) is 10.6 Å². The molecule has 0 aliphatic heterocycles. The second kappa shape index (κ2) is 9.41. The number of hydrogen-bond acceptors (Lipinski definition) is 0. The van der Waals surface area contributed by atoms with Gasteiger partial charge < -0.3 is 0 Å². The summed E-state index contributed by atoms with van der Waals surface area (Å²) in [6.45, 7) is 2.23. The molecule has 0 bridgehead atoms. The number of unbranched alkanes of at least 4 members (excludes halogenated alkanes) is 5. The minimum Gasteiger partial charge on any atom is -0.0917 e. The molecule has 72 valence electrons. The van der Waals surface area contributed by atoms with E-state index in [0.717, 1.165) is 11.5 Å². The Kier molecular flexibility index (Phi) is 9.66. The molecule has 0 aliphatic rings. The van der Waals surface area contributed by atoms with Crippen LogP contribution in [0.25, 0.3) is 0 Å². The van der Waals surface area contributed by atoms with Crippen LogP contribution in [0, 0.1) is 0 Å². The van der Waals surface area contributed by atoms with Crippen LogP contribution < -0.4 is 0 Å². The zero-order chi connectivity index (χ0) is 9.23. The van der Waals surface area contributed by atoms with Crippen molar-refractivity contribution >= 4 is 23.2 Å². The largest absolute Gasteiger partial charge is 0.0917 e. The summed E-state index contributed by atoms with van der Waals surface area (Å²) < 4.78 is 0. The van der Waals surface area contributed by atoms with Crippen LogP contribution in [-0.4, -0.2) is 0 Å². The van der Waals surface area contributed by atoms with Gasteiger partial charge in [-0.2, -0.15) is 0 Å². The molecule has 2 heteroatoms. The van der Waals surface area contributed by atoms with Gasteiger partial charge in [0.25, 0.3) is 0 Å². The molecule has 12 heavy (non-hydrogen) atoms. The van der Waals surface area contributed by atoms with Crippen molar-refractivity contribution in [2.75, 3.05) is 0 Å². The van der Waals surface area contributed by atoms with Crippen molar-refractivity contribution in [1.82, 2.24) is 0 Å². The van der Waals surface area contributed by atoms with E-state index in [9.17, 15) is 0 Å². The molecule has 0 heterocycles. The Hall–Kier alpha value is 0.320. The highest BCUT2D eigenvalue weighted by molar-refractivity contribution is 6.36. The van der Waals surface area contributed by atoms with E-state index in [4.69, 9.17) is 23.2 Å². The fourth-order valence-electron chi connectivity index (χ4n) is 1.13. The van der Waals surface area contributed by atoms with Crippen LogP contribution in [0.4, 0.5) is 0 Å². The highest BCUT2D eigenvalue weighted by Gasteiger charge is 1.92. The van der Waals surface area contributed by atoms with Crippen molar-refractivity contribution < 1.29 is 0 Å². The third-order valence-electron chi connectivity index (χ3n) is 1.89. The minimum absolute atomic E-state index is 0.784. The third-order valence-corrected chi connectivity index (χ3v) is 2.56. The quantitative estimate of drug-likeness (QED) is 0.514. The van der Waals surface area contributed by atoms with Crippen LogP contribution in [0.2, 0.25) is 0 Å². The van der Waals surface area contributed by atoms with Gasteiger partial charge in [-0.25, -0.2) is 0 Å². The average Bonchev–Trinajstić information content (AvgIpc) is 2.10. The summed E-state index contributed by atoms with van der Waals surface area (Å²) >= 11 is 11.2. The van der Waals surface area contributed by atoms with E-state index in [1.165, 1.54) is 44.1 Å². The van der Waals surface area contributed by atoms with Crippen molar-refractivity contribution in [3.8, 4) is 0 Å². The molecule has 0 spiro atoms. The predicted molar refractivity (Wildman–Crippen MR) is 57.8 cm³/mol. The molecular weight excluding hydrogens is 191 g/mol. The van der Waals surface area contributed by atoms with Gasteiger partial charge in [-0.1, -0.05) is 62.2 Å². The average molecular weight is 209 g/mol. The Morgan fingerprint density at radius 3 is 2.25 bits per heavy atom. The monoisotopic (exact) mass is 208 g/mol. The van der Waals surface area contributed by atoms with Gasteiger partial charge in [0.2, 0.25) is 0 Å². The van der Waals surface area contributed by atoms with E-state index < -0.39 is 0 Å². The van der Waals surface area contributed by atoms with Crippen LogP contribution in [0.5, 0.6) is 0 Å². The lowest BCUT2D eigenvalue weighted by Crippen LogP contribution is -1.79. The molecule has 0 unspecified atom stereocenters. The Morgan fingerprint density at radius 1 is 1.08 bits per heavy atom. The van der Waals surface area contributed by atoms with Gasteiger partial charge in [-0.3, -0.25) is 0 Å². The van der Waals surface area contributed by atoms with Crippen molar-refractivity contribution in [2.45, 2.75) is 51.9 Å². The summed E-state index contributed by atoms with van der Waals surface area (Å²) in [5.41, 5.74) is 1.47. The van der Waals surface area contributed by atoms with Crippen LogP contribution in [0.3, 0.4) is 0 Å². The molecule has 0 saturated heterocycles. The Bertz CT molecular complexity index is 119. The Morgan fingerprint density at radius 2 is 1.67 bits per heavy atom. The first-order valence-electron chi connectivity index (χ1n) is 4.76. The molecule has 0 aromatic rings. The predicted octanol–water partition coefficient (Wildman–Crippen LogP) is 5.06. The minimum atomic E-state index is 0.784. The smallest absolute Gasteiger partial charge is 0.0293 e. The zero-order valence-corrected chi connectivity index (χ0v) is 9.29. The summed E-state index contributed by atoms with van der Waals surface area (Å²) in [6.07, 6.45) is 8.75. The topological polar surface area (TPSA) is 0 Å². The van der Waals surface area contributed by atoms with Crippen LogP contribution >= 0.6 is 23.2 Å². The Labute approximate surface area is 85.9 Å². The van der Waals surface area contributed by atoms with Crippen LogP contribution in [0.15, 0.2) is 10.6 Å². The van der Waals surface area contributed by atoms with E-state index in [1.807, 2.05) is 0 Å². The van der Waals surface area contributed by atoms with Crippen LogP contribution in [-0.2, 0) is 0 Å². The van der Waals surface area contributed by atoms with E-state index in [1.54, 1.807) is 0 Å². The second-order valence-corrected chi connectivity index (χ2v) is 3.78. The summed E-state index contributed by atoms with van der Waals surface area (Å²) in [5.74, 6) is 0. The lowest BCUT2D eigenvalue weighted by molar-refractivity contribution is 0.610. The molecule has 0 amide bonds. The van der Waals surface area contributed by atoms with E-state index in [-0.39, 0.29) is 0 Å². The fraction of sp³-hybridized carbons (Fsp3) is 0.800. The fourth-order valence-corrected chi connectivity index (χ4v) is 1.37. The SMILES string of the molecule is CCCCCCCC/C(Cl)=C/Cl. The van der Waals surface area contributed by atoms with Gasteiger partial charge in [0.05, 0.1) is 0 Å². The normalized spacial score (nSPS) is 12.1. The highest BCUT2D eigenvalue weighted by atomic mass is 35.5. The van der Waals surface area contributed by atoms with Gasteiger partial charge in [0.15, 0.2) is 0 Å². The summed E-state index contributed by atoms with van der Waals surface area (Å²) in [4.78, 5) is 0. The molecule has 0 aromatic heterocycles. The Balaban J connectivity index is 3.00. The van der Waals surface area contributed by atoms with Crippen molar-refractivity contribution in [3.05, 3.63) is 10.6 Å². The van der Waals surface area contributed by atoms with E-state index in [0.29, 0.717) is 0 Å². The van der Waals surface area contributed by atoms with Crippen molar-refractivity contribution in [1.29, 1.82) is 0 Å². The van der Waals surface area contributed by atoms with E-state index >= 15 is 0 Å². The summed E-state index contributed by atoms with van der Waals surface area (Å²) in [5, 5.41) is 0.784. The number of allylic oxidation sites excluding steroid dienone is 1. The molecule has 0 N–H and O–H groups in total. The van der Waals surface area contributed by atoms with Gasteiger partial charge in [-0.15, -0.1) is 0 Å². The molecule has 0 fully saturated rings. The lowest BCUT2D eigenvalue weighted by atomic mass is 10.1. The molecule has 0 aromatic carbocycles. The molecule has 0 rings (SSSR count). The molecule has 0 radical (unpaired) electrons. The zero-order valence-electron chi connectivity index (χ0n) is 7.78. The maximum atomic E-state index is 5.73. The first-order valence-corrected chi connectivity index (χ1v) is 5.57. The molecule has 0 aliphatic carbocycles. The molecular formula is C10H18Cl2. The second-order valence-electron chi connectivity index (χ2n) is 3.07. The summed E-state index contributed by atoms with van der Waals surface area (Å²) in [7, 11) is 0. The maximum absolute atomic E-state index is 5.73. The first kappa shape index (κ1) is 12.3. The standard InChI is InChI=1S/C10H18Cl2/c1-2-3-4-5-6-7-8-10(12)9-11/h9H,2-8H2,1H3/b10-9-. The highest BCUT2D eigenvalue weighted by Crippen LogP contribution is 2.14.